The highest BCUT2D eigenvalue weighted by Crippen LogP contribution is 2.57. The zero-order valence-corrected chi connectivity index (χ0v) is 12.8. The molecule has 0 amide bonds. The van der Waals surface area contributed by atoms with Gasteiger partial charge < -0.3 is 5.32 Å². The molecule has 2 aliphatic rings. The molecule has 1 aromatic carbocycles. The summed E-state index contributed by atoms with van der Waals surface area (Å²) in [7, 11) is 2.07. The summed E-state index contributed by atoms with van der Waals surface area (Å²) >= 11 is 12.6. The fourth-order valence-corrected chi connectivity index (χ4v) is 4.57. The molecule has 0 saturated heterocycles. The summed E-state index contributed by atoms with van der Waals surface area (Å²) in [4.78, 5) is 0. The predicted octanol–water partition coefficient (Wildman–Crippen LogP) is 4.56. The molecule has 2 aliphatic carbocycles. The number of halogens is 2. The Bertz CT molecular complexity index is 428. The first-order valence-electron chi connectivity index (χ1n) is 7.32. The van der Waals surface area contributed by atoms with Crippen LogP contribution in [0.4, 0.5) is 0 Å². The van der Waals surface area contributed by atoms with Crippen molar-refractivity contribution in [3.8, 4) is 0 Å². The van der Waals surface area contributed by atoms with Gasteiger partial charge in [-0.15, -0.1) is 0 Å². The number of rotatable bonds is 4. The maximum atomic E-state index is 6.30. The third-order valence-electron chi connectivity index (χ3n) is 5.04. The van der Waals surface area contributed by atoms with Crippen LogP contribution in [0.2, 0.25) is 10.0 Å². The standard InChI is InChI=1S/C16H21Cl2N/c1-19-15(16-10-5-2-3-6-11(10)16)9-12-13(17)7-4-8-14(12)18/h4,7-8,10-11,15-16,19H,2-3,5-6,9H2,1H3. The molecule has 104 valence electrons. The van der Waals surface area contributed by atoms with Crippen LogP contribution < -0.4 is 5.32 Å². The maximum Gasteiger partial charge on any atom is 0.0453 e. The number of benzene rings is 1. The Labute approximate surface area is 125 Å². The Kier molecular flexibility index (Phi) is 4.07. The first-order chi connectivity index (χ1) is 9.22. The average molecular weight is 298 g/mol. The third kappa shape index (κ3) is 2.66. The highest BCUT2D eigenvalue weighted by molar-refractivity contribution is 6.36. The van der Waals surface area contributed by atoms with Gasteiger partial charge in [0.1, 0.15) is 0 Å². The van der Waals surface area contributed by atoms with Crippen LogP contribution in [0.15, 0.2) is 18.2 Å². The monoisotopic (exact) mass is 297 g/mol. The lowest BCUT2D eigenvalue weighted by Gasteiger charge is -2.18. The largest absolute Gasteiger partial charge is 0.316 e. The second kappa shape index (κ2) is 5.63. The first kappa shape index (κ1) is 13.7. The van der Waals surface area contributed by atoms with Gasteiger partial charge in [0.05, 0.1) is 0 Å². The summed E-state index contributed by atoms with van der Waals surface area (Å²) < 4.78 is 0. The van der Waals surface area contributed by atoms with Crippen LogP contribution in [0.25, 0.3) is 0 Å². The lowest BCUT2D eigenvalue weighted by Crippen LogP contribution is -2.31. The zero-order valence-electron chi connectivity index (χ0n) is 11.3. The first-order valence-corrected chi connectivity index (χ1v) is 8.08. The molecule has 0 aromatic heterocycles. The second-order valence-electron chi connectivity index (χ2n) is 5.99. The van der Waals surface area contributed by atoms with E-state index in [1.54, 1.807) is 0 Å². The van der Waals surface area contributed by atoms with Gasteiger partial charge in [0, 0.05) is 16.1 Å². The Morgan fingerprint density at radius 2 is 1.74 bits per heavy atom. The second-order valence-corrected chi connectivity index (χ2v) is 6.80. The molecule has 19 heavy (non-hydrogen) atoms. The van der Waals surface area contributed by atoms with Crippen molar-refractivity contribution in [2.24, 2.45) is 17.8 Å². The number of nitrogens with one attached hydrogen (secondary N) is 1. The molecule has 1 nitrogen and oxygen atoms in total. The van der Waals surface area contributed by atoms with Crippen molar-refractivity contribution in [1.82, 2.24) is 5.32 Å². The number of likely N-dealkylation sites (N-methyl/N-ethyl adjacent to an activating group) is 1. The summed E-state index contributed by atoms with van der Waals surface area (Å²) in [6, 6.07) is 6.31. The lowest BCUT2D eigenvalue weighted by molar-refractivity contribution is 0.460. The van der Waals surface area contributed by atoms with Gasteiger partial charge in [-0.3, -0.25) is 0 Å². The van der Waals surface area contributed by atoms with E-state index in [4.69, 9.17) is 23.2 Å². The van der Waals surface area contributed by atoms with E-state index in [-0.39, 0.29) is 0 Å². The minimum absolute atomic E-state index is 0.519. The molecule has 3 heteroatoms. The van der Waals surface area contributed by atoms with E-state index >= 15 is 0 Å². The van der Waals surface area contributed by atoms with E-state index in [9.17, 15) is 0 Å². The van der Waals surface area contributed by atoms with E-state index in [1.807, 2.05) is 18.2 Å². The Hall–Kier alpha value is -0.240. The molecule has 2 saturated carbocycles. The highest BCUT2D eigenvalue weighted by atomic mass is 35.5. The minimum Gasteiger partial charge on any atom is -0.316 e. The van der Waals surface area contributed by atoms with Crippen LogP contribution in [0.1, 0.15) is 31.2 Å². The quantitative estimate of drug-likeness (QED) is 0.859. The van der Waals surface area contributed by atoms with Gasteiger partial charge in [-0.1, -0.05) is 42.1 Å². The predicted molar refractivity (Wildman–Crippen MR) is 82.0 cm³/mol. The molecular formula is C16H21Cl2N. The third-order valence-corrected chi connectivity index (χ3v) is 5.75. The highest BCUT2D eigenvalue weighted by Gasteiger charge is 2.53. The summed E-state index contributed by atoms with van der Waals surface area (Å²) in [5.74, 6) is 2.74. The molecule has 0 bridgehead atoms. The molecule has 3 unspecified atom stereocenters. The molecule has 0 radical (unpaired) electrons. The van der Waals surface area contributed by atoms with Crippen LogP contribution in [0, 0.1) is 17.8 Å². The molecular weight excluding hydrogens is 277 g/mol. The fourth-order valence-electron chi connectivity index (χ4n) is 4.02. The van der Waals surface area contributed by atoms with Crippen LogP contribution >= 0.6 is 23.2 Å². The van der Waals surface area contributed by atoms with Crippen molar-refractivity contribution in [2.45, 2.75) is 38.1 Å². The fraction of sp³-hybridized carbons (Fsp3) is 0.625. The van der Waals surface area contributed by atoms with Gasteiger partial charge in [0.2, 0.25) is 0 Å². The van der Waals surface area contributed by atoms with E-state index in [2.05, 4.69) is 12.4 Å². The number of hydrogen-bond donors (Lipinski definition) is 1. The Morgan fingerprint density at radius 1 is 1.16 bits per heavy atom. The topological polar surface area (TPSA) is 12.0 Å². The molecule has 1 N–H and O–H groups in total. The molecule has 0 spiro atoms. The minimum atomic E-state index is 0.519. The van der Waals surface area contributed by atoms with E-state index in [0.717, 1.165) is 39.8 Å². The van der Waals surface area contributed by atoms with E-state index in [0.29, 0.717) is 6.04 Å². The summed E-state index contributed by atoms with van der Waals surface area (Å²) in [5.41, 5.74) is 1.11. The van der Waals surface area contributed by atoms with Gasteiger partial charge in [-0.25, -0.2) is 0 Å². The van der Waals surface area contributed by atoms with Gasteiger partial charge in [-0.2, -0.15) is 0 Å². The molecule has 1 aromatic rings. The van der Waals surface area contributed by atoms with Gasteiger partial charge in [-0.05, 0) is 61.8 Å². The normalized spacial score (nSPS) is 30.8. The SMILES string of the molecule is CNC(Cc1c(Cl)cccc1Cl)C1C2CCCCC21. The molecule has 0 aliphatic heterocycles. The van der Waals surface area contributed by atoms with Crippen LogP contribution in [0.3, 0.4) is 0 Å². The molecule has 3 rings (SSSR count). The number of fused-ring (bicyclic) bond motifs is 1. The summed E-state index contributed by atoms with van der Waals surface area (Å²) in [6.45, 7) is 0. The van der Waals surface area contributed by atoms with Crippen molar-refractivity contribution in [1.29, 1.82) is 0 Å². The van der Waals surface area contributed by atoms with Crippen LogP contribution in [0.5, 0.6) is 0 Å². The molecule has 3 atom stereocenters. The van der Waals surface area contributed by atoms with E-state index in [1.165, 1.54) is 25.7 Å². The molecule has 0 heterocycles. The van der Waals surface area contributed by atoms with Crippen molar-refractivity contribution >= 4 is 23.2 Å². The average Bonchev–Trinajstić information content (AvgIpc) is 3.13. The van der Waals surface area contributed by atoms with Crippen molar-refractivity contribution in [3.63, 3.8) is 0 Å². The van der Waals surface area contributed by atoms with Crippen LogP contribution in [-0.2, 0) is 6.42 Å². The smallest absolute Gasteiger partial charge is 0.0453 e. The Balaban J connectivity index is 1.74. The lowest BCUT2D eigenvalue weighted by atomic mass is 10.00. The maximum absolute atomic E-state index is 6.30. The van der Waals surface area contributed by atoms with Crippen molar-refractivity contribution in [3.05, 3.63) is 33.8 Å². The van der Waals surface area contributed by atoms with Gasteiger partial charge in [0.25, 0.3) is 0 Å². The van der Waals surface area contributed by atoms with Gasteiger partial charge >= 0.3 is 0 Å². The van der Waals surface area contributed by atoms with Crippen LogP contribution in [-0.4, -0.2) is 13.1 Å². The molecule has 2 fully saturated rings. The Morgan fingerprint density at radius 3 is 2.26 bits per heavy atom. The van der Waals surface area contributed by atoms with E-state index < -0.39 is 0 Å². The number of hydrogen-bond acceptors (Lipinski definition) is 1. The van der Waals surface area contributed by atoms with Crippen molar-refractivity contribution in [2.75, 3.05) is 7.05 Å². The van der Waals surface area contributed by atoms with Gasteiger partial charge in [0.15, 0.2) is 0 Å². The zero-order chi connectivity index (χ0) is 13.4. The summed E-state index contributed by atoms with van der Waals surface area (Å²) in [6.07, 6.45) is 6.63. The van der Waals surface area contributed by atoms with Crippen molar-refractivity contribution < 1.29 is 0 Å². The summed E-state index contributed by atoms with van der Waals surface area (Å²) in [5, 5.41) is 5.11.